The monoisotopic (exact) mass is 311 g/mol. The molecule has 3 heteroatoms. The highest BCUT2D eigenvalue weighted by atomic mass is 79.9. The largest absolute Gasteiger partial charge is 0.496 e. The van der Waals surface area contributed by atoms with Crippen molar-refractivity contribution in [1.29, 1.82) is 0 Å². The third kappa shape index (κ3) is 3.99. The number of ether oxygens (including phenoxy) is 1. The molecule has 1 saturated carbocycles. The highest BCUT2D eigenvalue weighted by molar-refractivity contribution is 9.10. The van der Waals surface area contributed by atoms with Crippen molar-refractivity contribution < 1.29 is 4.74 Å². The van der Waals surface area contributed by atoms with Gasteiger partial charge in [-0.3, -0.25) is 0 Å². The molecule has 1 atom stereocenters. The lowest BCUT2D eigenvalue weighted by molar-refractivity contribution is 0.411. The smallest absolute Gasteiger partial charge is 0.133 e. The molecule has 1 aromatic carbocycles. The SMILES string of the molecule is COc1ccc(C(C)NCCCC2CC2)cc1Br. The fourth-order valence-corrected chi connectivity index (χ4v) is 2.74. The van der Waals surface area contributed by atoms with Gasteiger partial charge in [-0.15, -0.1) is 0 Å². The van der Waals surface area contributed by atoms with Gasteiger partial charge in [0.15, 0.2) is 0 Å². The molecule has 0 aliphatic heterocycles. The standard InChI is InChI=1S/C15H22BrNO/c1-11(17-9-3-4-12-5-6-12)13-7-8-15(18-2)14(16)10-13/h7-8,10-12,17H,3-6,9H2,1-2H3. The summed E-state index contributed by atoms with van der Waals surface area (Å²) in [6, 6.07) is 6.67. The second-order valence-corrected chi connectivity index (χ2v) is 6.01. The molecule has 1 unspecified atom stereocenters. The minimum absolute atomic E-state index is 0.395. The van der Waals surface area contributed by atoms with Gasteiger partial charge in [0.05, 0.1) is 11.6 Å². The summed E-state index contributed by atoms with van der Waals surface area (Å²) in [6.45, 7) is 3.33. The summed E-state index contributed by atoms with van der Waals surface area (Å²) in [6.07, 6.45) is 5.61. The van der Waals surface area contributed by atoms with Crippen LogP contribution in [0.2, 0.25) is 0 Å². The van der Waals surface area contributed by atoms with Crippen LogP contribution in [0.4, 0.5) is 0 Å². The van der Waals surface area contributed by atoms with Crippen molar-refractivity contribution in [2.75, 3.05) is 13.7 Å². The van der Waals surface area contributed by atoms with E-state index >= 15 is 0 Å². The van der Waals surface area contributed by atoms with Crippen molar-refractivity contribution in [2.24, 2.45) is 5.92 Å². The minimum Gasteiger partial charge on any atom is -0.496 e. The molecule has 2 nitrogen and oxygen atoms in total. The molecule has 0 saturated heterocycles. The quantitative estimate of drug-likeness (QED) is 0.758. The Morgan fingerprint density at radius 3 is 2.83 bits per heavy atom. The van der Waals surface area contributed by atoms with Crippen LogP contribution in [0.1, 0.15) is 44.2 Å². The lowest BCUT2D eigenvalue weighted by Gasteiger charge is -2.15. The van der Waals surface area contributed by atoms with Crippen molar-refractivity contribution in [2.45, 2.75) is 38.6 Å². The summed E-state index contributed by atoms with van der Waals surface area (Å²) in [7, 11) is 1.69. The van der Waals surface area contributed by atoms with Gasteiger partial charge in [0.2, 0.25) is 0 Å². The topological polar surface area (TPSA) is 21.3 Å². The Morgan fingerprint density at radius 1 is 1.44 bits per heavy atom. The summed E-state index contributed by atoms with van der Waals surface area (Å²) < 4.78 is 6.27. The van der Waals surface area contributed by atoms with Gasteiger partial charge in [0.25, 0.3) is 0 Å². The maximum atomic E-state index is 5.24. The number of nitrogens with one attached hydrogen (secondary N) is 1. The molecule has 1 aliphatic carbocycles. The van der Waals surface area contributed by atoms with Crippen LogP contribution >= 0.6 is 15.9 Å². The van der Waals surface area contributed by atoms with E-state index in [1.54, 1.807) is 7.11 Å². The lowest BCUT2D eigenvalue weighted by atomic mass is 10.1. The Morgan fingerprint density at radius 2 is 2.22 bits per heavy atom. The first-order valence-corrected chi connectivity index (χ1v) is 7.57. The molecule has 0 heterocycles. The van der Waals surface area contributed by atoms with Gasteiger partial charge in [-0.25, -0.2) is 0 Å². The molecule has 18 heavy (non-hydrogen) atoms. The summed E-state index contributed by atoms with van der Waals surface area (Å²) in [4.78, 5) is 0. The number of benzene rings is 1. The average Bonchev–Trinajstić information content (AvgIpc) is 3.18. The normalized spacial score (nSPS) is 16.6. The zero-order valence-electron chi connectivity index (χ0n) is 11.2. The first-order chi connectivity index (χ1) is 8.70. The van der Waals surface area contributed by atoms with Crippen LogP contribution in [0.5, 0.6) is 5.75 Å². The van der Waals surface area contributed by atoms with Crippen molar-refractivity contribution in [1.82, 2.24) is 5.32 Å². The molecule has 1 N–H and O–H groups in total. The average molecular weight is 312 g/mol. The Labute approximate surface area is 118 Å². The van der Waals surface area contributed by atoms with E-state index in [0.717, 1.165) is 22.7 Å². The first-order valence-electron chi connectivity index (χ1n) is 6.77. The van der Waals surface area contributed by atoms with E-state index in [9.17, 15) is 0 Å². The van der Waals surface area contributed by atoms with Crippen LogP contribution in [-0.2, 0) is 0 Å². The van der Waals surface area contributed by atoms with Gasteiger partial charge in [-0.2, -0.15) is 0 Å². The maximum absolute atomic E-state index is 5.24. The summed E-state index contributed by atoms with van der Waals surface area (Å²) in [5.41, 5.74) is 1.30. The third-order valence-corrected chi connectivity index (χ3v) is 4.23. The Bertz CT molecular complexity index is 390. The maximum Gasteiger partial charge on any atom is 0.133 e. The second kappa shape index (κ2) is 6.58. The number of rotatable bonds is 7. The molecule has 1 aromatic rings. The van der Waals surface area contributed by atoms with Crippen LogP contribution in [0.25, 0.3) is 0 Å². The van der Waals surface area contributed by atoms with Crippen LogP contribution in [-0.4, -0.2) is 13.7 Å². The molecule has 2 rings (SSSR count). The lowest BCUT2D eigenvalue weighted by Crippen LogP contribution is -2.19. The summed E-state index contributed by atoms with van der Waals surface area (Å²) in [5, 5.41) is 3.59. The van der Waals surface area contributed by atoms with Gasteiger partial charge in [0.1, 0.15) is 5.75 Å². The molecule has 0 radical (unpaired) electrons. The van der Waals surface area contributed by atoms with Crippen LogP contribution in [0.15, 0.2) is 22.7 Å². The predicted octanol–water partition coefficient (Wildman–Crippen LogP) is 4.30. The Hall–Kier alpha value is -0.540. The van der Waals surface area contributed by atoms with E-state index in [2.05, 4.69) is 40.3 Å². The molecular weight excluding hydrogens is 290 g/mol. The highest BCUT2D eigenvalue weighted by Gasteiger charge is 2.20. The molecular formula is C15H22BrNO. The van der Waals surface area contributed by atoms with Gasteiger partial charge >= 0.3 is 0 Å². The summed E-state index contributed by atoms with van der Waals surface area (Å²) >= 11 is 3.53. The van der Waals surface area contributed by atoms with Gasteiger partial charge in [-0.05, 0) is 65.9 Å². The molecule has 100 valence electrons. The second-order valence-electron chi connectivity index (χ2n) is 5.16. The van der Waals surface area contributed by atoms with E-state index < -0.39 is 0 Å². The number of methoxy groups -OCH3 is 1. The number of halogens is 1. The third-order valence-electron chi connectivity index (χ3n) is 3.61. The zero-order valence-corrected chi connectivity index (χ0v) is 12.8. The highest BCUT2D eigenvalue weighted by Crippen LogP contribution is 2.33. The predicted molar refractivity (Wildman–Crippen MR) is 79.1 cm³/mol. The molecule has 1 fully saturated rings. The van der Waals surface area contributed by atoms with Gasteiger partial charge < -0.3 is 10.1 Å². The van der Waals surface area contributed by atoms with Crippen molar-refractivity contribution in [3.8, 4) is 5.75 Å². The van der Waals surface area contributed by atoms with Gasteiger partial charge in [-0.1, -0.05) is 18.9 Å². The Balaban J connectivity index is 1.79. The van der Waals surface area contributed by atoms with Crippen LogP contribution in [0.3, 0.4) is 0 Å². The first kappa shape index (κ1) is 13.9. The molecule has 1 aliphatic rings. The molecule has 0 bridgehead atoms. The fourth-order valence-electron chi connectivity index (χ4n) is 2.19. The van der Waals surface area contributed by atoms with E-state index in [1.165, 1.54) is 31.2 Å². The molecule has 0 aromatic heterocycles. The van der Waals surface area contributed by atoms with Crippen molar-refractivity contribution in [3.05, 3.63) is 28.2 Å². The minimum atomic E-state index is 0.395. The van der Waals surface area contributed by atoms with Crippen LogP contribution < -0.4 is 10.1 Å². The van der Waals surface area contributed by atoms with Crippen molar-refractivity contribution >= 4 is 15.9 Å². The van der Waals surface area contributed by atoms with E-state index in [-0.39, 0.29) is 0 Å². The van der Waals surface area contributed by atoms with E-state index in [4.69, 9.17) is 4.74 Å². The van der Waals surface area contributed by atoms with E-state index in [0.29, 0.717) is 6.04 Å². The summed E-state index contributed by atoms with van der Waals surface area (Å²) in [5.74, 6) is 1.93. The Kier molecular flexibility index (Phi) is 5.07. The zero-order chi connectivity index (χ0) is 13.0. The molecule has 0 amide bonds. The number of hydrogen-bond acceptors (Lipinski definition) is 2. The van der Waals surface area contributed by atoms with Gasteiger partial charge in [0, 0.05) is 6.04 Å². The number of hydrogen-bond donors (Lipinski definition) is 1. The van der Waals surface area contributed by atoms with E-state index in [1.807, 2.05) is 6.07 Å². The molecule has 0 spiro atoms. The fraction of sp³-hybridized carbons (Fsp3) is 0.600. The van der Waals surface area contributed by atoms with Crippen LogP contribution in [0, 0.1) is 5.92 Å². The van der Waals surface area contributed by atoms with Crippen molar-refractivity contribution in [3.63, 3.8) is 0 Å².